The van der Waals surface area contributed by atoms with Crippen molar-refractivity contribution in [1.82, 2.24) is 0 Å². The number of halogens is 2. The third kappa shape index (κ3) is 2.74. The van der Waals surface area contributed by atoms with Crippen molar-refractivity contribution in [2.45, 2.75) is 6.10 Å². The molecule has 0 aliphatic carbocycles. The minimum atomic E-state index is -1.62. The lowest BCUT2D eigenvalue weighted by Gasteiger charge is -2.14. The SMILES string of the molecule is O=C(O)C(OCCO)c1cccc(F)c1F. The second kappa shape index (κ2) is 5.53. The van der Waals surface area contributed by atoms with E-state index in [9.17, 15) is 13.6 Å². The molecule has 0 aliphatic heterocycles. The second-order valence-electron chi connectivity index (χ2n) is 2.96. The van der Waals surface area contributed by atoms with Crippen molar-refractivity contribution in [3.63, 3.8) is 0 Å². The first kappa shape index (κ1) is 12.5. The van der Waals surface area contributed by atoms with Gasteiger partial charge in [-0.15, -0.1) is 0 Å². The highest BCUT2D eigenvalue weighted by atomic mass is 19.2. The Balaban J connectivity index is 3.01. The van der Waals surface area contributed by atoms with Gasteiger partial charge in [0.15, 0.2) is 17.7 Å². The molecule has 0 radical (unpaired) electrons. The van der Waals surface area contributed by atoms with E-state index in [1.54, 1.807) is 0 Å². The molecule has 16 heavy (non-hydrogen) atoms. The van der Waals surface area contributed by atoms with Crippen molar-refractivity contribution in [1.29, 1.82) is 0 Å². The van der Waals surface area contributed by atoms with Crippen molar-refractivity contribution >= 4 is 5.97 Å². The summed E-state index contributed by atoms with van der Waals surface area (Å²) in [4.78, 5) is 10.8. The summed E-state index contributed by atoms with van der Waals surface area (Å²) in [5.74, 6) is -3.85. The van der Waals surface area contributed by atoms with Crippen LogP contribution >= 0.6 is 0 Å². The monoisotopic (exact) mass is 232 g/mol. The molecule has 0 bridgehead atoms. The van der Waals surface area contributed by atoms with Crippen LogP contribution in [0.15, 0.2) is 18.2 Å². The van der Waals surface area contributed by atoms with E-state index < -0.39 is 35.9 Å². The van der Waals surface area contributed by atoms with Crippen LogP contribution in [-0.2, 0) is 9.53 Å². The van der Waals surface area contributed by atoms with Gasteiger partial charge in [-0.2, -0.15) is 0 Å². The Hall–Kier alpha value is -1.53. The van der Waals surface area contributed by atoms with Crippen LogP contribution in [0.3, 0.4) is 0 Å². The van der Waals surface area contributed by atoms with Crippen molar-refractivity contribution in [2.75, 3.05) is 13.2 Å². The maximum atomic E-state index is 13.3. The van der Waals surface area contributed by atoms with Gasteiger partial charge in [-0.3, -0.25) is 0 Å². The van der Waals surface area contributed by atoms with Gasteiger partial charge in [0.1, 0.15) is 0 Å². The topological polar surface area (TPSA) is 66.8 Å². The number of carboxylic acids is 1. The summed E-state index contributed by atoms with van der Waals surface area (Å²) >= 11 is 0. The summed E-state index contributed by atoms with van der Waals surface area (Å²) < 4.78 is 30.8. The number of benzene rings is 1. The highest BCUT2D eigenvalue weighted by Crippen LogP contribution is 2.22. The molecule has 0 saturated carbocycles. The van der Waals surface area contributed by atoms with Gasteiger partial charge in [0.25, 0.3) is 0 Å². The first-order valence-electron chi connectivity index (χ1n) is 4.47. The van der Waals surface area contributed by atoms with Crippen molar-refractivity contribution < 1.29 is 28.5 Å². The maximum absolute atomic E-state index is 13.3. The zero-order valence-corrected chi connectivity index (χ0v) is 8.19. The lowest BCUT2D eigenvalue weighted by atomic mass is 10.1. The fraction of sp³-hybridized carbons (Fsp3) is 0.300. The van der Waals surface area contributed by atoms with Gasteiger partial charge in [0.05, 0.1) is 13.2 Å². The first-order chi connectivity index (χ1) is 7.57. The molecule has 0 aliphatic rings. The summed E-state index contributed by atoms with van der Waals surface area (Å²) in [7, 11) is 0. The van der Waals surface area contributed by atoms with E-state index in [0.717, 1.165) is 12.1 Å². The van der Waals surface area contributed by atoms with E-state index in [2.05, 4.69) is 0 Å². The van der Waals surface area contributed by atoms with Crippen LogP contribution in [0.2, 0.25) is 0 Å². The summed E-state index contributed by atoms with van der Waals surface area (Å²) in [6, 6.07) is 3.18. The highest BCUT2D eigenvalue weighted by molar-refractivity contribution is 5.74. The standard InChI is InChI=1S/C10H10F2O4/c11-7-3-1-2-6(8(7)12)9(10(14)15)16-5-4-13/h1-3,9,13H,4-5H2,(H,14,15). The van der Waals surface area contributed by atoms with E-state index in [0.29, 0.717) is 0 Å². The van der Waals surface area contributed by atoms with Crippen molar-refractivity contribution in [3.05, 3.63) is 35.4 Å². The molecule has 4 nitrogen and oxygen atoms in total. The lowest BCUT2D eigenvalue weighted by molar-refractivity contribution is -0.151. The number of rotatable bonds is 5. The number of aliphatic carboxylic acids is 1. The average molecular weight is 232 g/mol. The molecule has 0 aromatic heterocycles. The summed E-state index contributed by atoms with van der Waals surface area (Å²) in [6.07, 6.45) is -1.62. The minimum absolute atomic E-state index is 0.271. The maximum Gasteiger partial charge on any atom is 0.337 e. The van der Waals surface area contributed by atoms with Crippen LogP contribution in [0.25, 0.3) is 0 Å². The van der Waals surface area contributed by atoms with Crippen LogP contribution in [0.1, 0.15) is 11.7 Å². The van der Waals surface area contributed by atoms with Crippen LogP contribution in [0.5, 0.6) is 0 Å². The van der Waals surface area contributed by atoms with Gasteiger partial charge in [0.2, 0.25) is 0 Å². The molecule has 1 rings (SSSR count). The predicted molar refractivity (Wildman–Crippen MR) is 49.8 cm³/mol. The van der Waals surface area contributed by atoms with Crippen molar-refractivity contribution in [2.24, 2.45) is 0 Å². The Morgan fingerprint density at radius 2 is 2.12 bits per heavy atom. The van der Waals surface area contributed by atoms with Gasteiger partial charge in [-0.25, -0.2) is 13.6 Å². The number of aliphatic hydroxyl groups is 1. The van der Waals surface area contributed by atoms with Crippen LogP contribution in [0.4, 0.5) is 8.78 Å². The zero-order valence-electron chi connectivity index (χ0n) is 8.19. The Labute approximate surface area is 90.1 Å². The van der Waals surface area contributed by atoms with Gasteiger partial charge >= 0.3 is 5.97 Å². The van der Waals surface area contributed by atoms with E-state index in [4.69, 9.17) is 14.9 Å². The predicted octanol–water partition coefficient (Wildman–Crippen LogP) is 1.10. The number of hydrogen-bond donors (Lipinski definition) is 2. The Morgan fingerprint density at radius 1 is 1.44 bits per heavy atom. The quantitative estimate of drug-likeness (QED) is 0.797. The fourth-order valence-corrected chi connectivity index (χ4v) is 1.19. The third-order valence-electron chi connectivity index (χ3n) is 1.86. The summed E-state index contributed by atoms with van der Waals surface area (Å²) in [5.41, 5.74) is -0.402. The zero-order chi connectivity index (χ0) is 12.1. The van der Waals surface area contributed by atoms with Gasteiger partial charge in [-0.1, -0.05) is 12.1 Å². The number of carboxylic acid groups (broad SMARTS) is 1. The normalized spacial score (nSPS) is 12.4. The molecule has 0 heterocycles. The van der Waals surface area contributed by atoms with Gasteiger partial charge < -0.3 is 14.9 Å². The number of aliphatic hydroxyl groups excluding tert-OH is 1. The molecule has 0 spiro atoms. The van der Waals surface area contributed by atoms with Crippen LogP contribution < -0.4 is 0 Å². The molecule has 6 heteroatoms. The molecule has 0 saturated heterocycles. The van der Waals surface area contributed by atoms with E-state index in [-0.39, 0.29) is 6.61 Å². The second-order valence-corrected chi connectivity index (χ2v) is 2.96. The molecular weight excluding hydrogens is 222 g/mol. The fourth-order valence-electron chi connectivity index (χ4n) is 1.19. The van der Waals surface area contributed by atoms with E-state index in [1.807, 2.05) is 0 Å². The first-order valence-corrected chi connectivity index (χ1v) is 4.47. The van der Waals surface area contributed by atoms with E-state index in [1.165, 1.54) is 6.07 Å². The molecule has 1 aromatic rings. The van der Waals surface area contributed by atoms with Crippen molar-refractivity contribution in [3.8, 4) is 0 Å². The molecule has 1 aromatic carbocycles. The number of ether oxygens (including phenoxy) is 1. The highest BCUT2D eigenvalue weighted by Gasteiger charge is 2.25. The van der Waals surface area contributed by atoms with Gasteiger partial charge in [0, 0.05) is 5.56 Å². The summed E-state index contributed by atoms with van der Waals surface area (Å²) in [5, 5.41) is 17.3. The van der Waals surface area contributed by atoms with Crippen LogP contribution in [-0.4, -0.2) is 29.4 Å². The number of carbonyl (C=O) groups is 1. The Bertz CT molecular complexity index is 381. The molecule has 0 amide bonds. The summed E-state index contributed by atoms with van der Waals surface area (Å²) in [6.45, 7) is -0.673. The molecule has 88 valence electrons. The Morgan fingerprint density at radius 3 is 2.69 bits per heavy atom. The average Bonchev–Trinajstić information content (AvgIpc) is 2.24. The number of hydrogen-bond acceptors (Lipinski definition) is 3. The molecule has 0 fully saturated rings. The van der Waals surface area contributed by atoms with E-state index >= 15 is 0 Å². The molecule has 1 unspecified atom stereocenters. The smallest absolute Gasteiger partial charge is 0.337 e. The third-order valence-corrected chi connectivity index (χ3v) is 1.86. The largest absolute Gasteiger partial charge is 0.479 e. The molecular formula is C10H10F2O4. The molecule has 2 N–H and O–H groups in total. The van der Waals surface area contributed by atoms with Gasteiger partial charge in [-0.05, 0) is 6.07 Å². The minimum Gasteiger partial charge on any atom is -0.479 e. The Kier molecular flexibility index (Phi) is 4.33. The lowest BCUT2D eigenvalue weighted by Crippen LogP contribution is -2.19. The van der Waals surface area contributed by atoms with Crippen LogP contribution in [0, 0.1) is 11.6 Å². The molecule has 1 atom stereocenters.